The van der Waals surface area contributed by atoms with Gasteiger partial charge in [-0.15, -0.1) is 0 Å². The number of azo groups is 1. The lowest BCUT2D eigenvalue weighted by Gasteiger charge is -2.25. The molecule has 0 saturated carbocycles. The largest absolute Gasteiger partial charge is 0.194 e. The summed E-state index contributed by atoms with van der Waals surface area (Å²) in [6.07, 6.45) is 3.89. The summed E-state index contributed by atoms with van der Waals surface area (Å²) in [5.74, 6) is 1.63. The quantitative estimate of drug-likeness (QED) is 0.597. The van der Waals surface area contributed by atoms with Crippen LogP contribution in [0.15, 0.2) is 10.2 Å². The van der Waals surface area contributed by atoms with Crippen LogP contribution in [0.25, 0.3) is 0 Å². The van der Waals surface area contributed by atoms with Gasteiger partial charge in [-0.3, -0.25) is 0 Å². The molecule has 1 rings (SSSR count). The van der Waals surface area contributed by atoms with E-state index in [0.717, 1.165) is 24.9 Å². The maximum absolute atomic E-state index is 4.10. The van der Waals surface area contributed by atoms with E-state index in [-0.39, 0.29) is 0 Å². The summed E-state index contributed by atoms with van der Waals surface area (Å²) in [4.78, 5) is 0. The molecule has 0 radical (unpaired) electrons. The summed E-state index contributed by atoms with van der Waals surface area (Å²) >= 11 is 0. The topological polar surface area (TPSA) is 24.7 Å². The molecule has 0 spiro atoms. The van der Waals surface area contributed by atoms with Gasteiger partial charge in [0.15, 0.2) is 0 Å². The molecule has 1 aliphatic heterocycles. The van der Waals surface area contributed by atoms with E-state index in [0.29, 0.717) is 0 Å². The molecule has 11 heavy (non-hydrogen) atoms. The highest BCUT2D eigenvalue weighted by Gasteiger charge is 2.21. The predicted octanol–water partition coefficient (Wildman–Crippen LogP) is 2.89. The average Bonchev–Trinajstić information content (AvgIpc) is 2.06. The van der Waals surface area contributed by atoms with Crippen molar-refractivity contribution in [2.45, 2.75) is 33.1 Å². The van der Waals surface area contributed by atoms with Gasteiger partial charge in [0.2, 0.25) is 0 Å². The Morgan fingerprint density at radius 2 is 1.73 bits per heavy atom. The Kier molecular flexibility index (Phi) is 3.53. The van der Waals surface area contributed by atoms with Crippen molar-refractivity contribution in [3.63, 3.8) is 0 Å². The molecule has 2 atom stereocenters. The fraction of sp³-hybridized carbons (Fsp3) is 1.00. The average molecular weight is 154 g/mol. The van der Waals surface area contributed by atoms with E-state index in [1.165, 1.54) is 19.3 Å². The Morgan fingerprint density at radius 3 is 2.27 bits per heavy atom. The third kappa shape index (κ3) is 2.28. The molecule has 0 fully saturated rings. The molecule has 2 nitrogen and oxygen atoms in total. The molecular weight excluding hydrogens is 136 g/mol. The van der Waals surface area contributed by atoms with E-state index in [2.05, 4.69) is 24.1 Å². The second kappa shape index (κ2) is 4.47. The second-order valence-electron chi connectivity index (χ2n) is 3.37. The van der Waals surface area contributed by atoms with Crippen LogP contribution in [-0.2, 0) is 0 Å². The molecule has 0 N–H and O–H groups in total. The predicted molar refractivity (Wildman–Crippen MR) is 46.8 cm³/mol. The van der Waals surface area contributed by atoms with Crippen LogP contribution in [0.1, 0.15) is 33.1 Å². The molecule has 0 amide bonds. The Bertz CT molecular complexity index is 132. The fourth-order valence-corrected chi connectivity index (χ4v) is 1.78. The van der Waals surface area contributed by atoms with Gasteiger partial charge in [0.05, 0.1) is 13.1 Å². The number of rotatable bonds is 3. The highest BCUT2D eigenvalue weighted by atomic mass is 15.1. The summed E-state index contributed by atoms with van der Waals surface area (Å²) in [7, 11) is 0. The molecule has 1 aliphatic rings. The van der Waals surface area contributed by atoms with Crippen LogP contribution in [0.4, 0.5) is 0 Å². The van der Waals surface area contributed by atoms with Crippen molar-refractivity contribution in [3.8, 4) is 0 Å². The van der Waals surface area contributed by atoms with Crippen LogP contribution in [0.5, 0.6) is 0 Å². The maximum Gasteiger partial charge on any atom is 0.0630 e. The molecule has 0 aliphatic carbocycles. The standard InChI is InChI=1S/C9H18N2/c1-3-5-9-7-11-10-6-8(9)4-2/h8-9H,3-7H2,1-2H3. The summed E-state index contributed by atoms with van der Waals surface area (Å²) in [6, 6.07) is 0. The molecule has 2 unspecified atom stereocenters. The maximum atomic E-state index is 4.10. The Morgan fingerprint density at radius 1 is 1.09 bits per heavy atom. The van der Waals surface area contributed by atoms with Gasteiger partial charge in [-0.05, 0) is 18.3 Å². The van der Waals surface area contributed by atoms with Crippen LogP contribution in [0.2, 0.25) is 0 Å². The van der Waals surface area contributed by atoms with E-state index < -0.39 is 0 Å². The molecule has 0 aromatic carbocycles. The normalized spacial score (nSPS) is 30.7. The zero-order valence-electron chi connectivity index (χ0n) is 7.58. The minimum atomic E-state index is 0.812. The smallest absolute Gasteiger partial charge is 0.0630 e. The molecule has 0 aromatic heterocycles. The van der Waals surface area contributed by atoms with Gasteiger partial charge in [-0.1, -0.05) is 26.7 Å². The van der Waals surface area contributed by atoms with Crippen molar-refractivity contribution >= 4 is 0 Å². The number of nitrogens with zero attached hydrogens (tertiary/aromatic N) is 2. The van der Waals surface area contributed by atoms with E-state index in [4.69, 9.17) is 0 Å². The van der Waals surface area contributed by atoms with E-state index in [1.54, 1.807) is 0 Å². The SMILES string of the molecule is CCCC1CN=NCC1CC. The minimum Gasteiger partial charge on any atom is -0.194 e. The van der Waals surface area contributed by atoms with Gasteiger partial charge < -0.3 is 0 Å². The van der Waals surface area contributed by atoms with Gasteiger partial charge in [0.1, 0.15) is 0 Å². The first-order valence-corrected chi connectivity index (χ1v) is 4.71. The lowest BCUT2D eigenvalue weighted by molar-refractivity contribution is 0.285. The van der Waals surface area contributed by atoms with Crippen molar-refractivity contribution in [2.24, 2.45) is 22.1 Å². The number of hydrogen-bond acceptors (Lipinski definition) is 2. The van der Waals surface area contributed by atoms with Crippen LogP contribution < -0.4 is 0 Å². The monoisotopic (exact) mass is 154 g/mol. The van der Waals surface area contributed by atoms with E-state index in [9.17, 15) is 0 Å². The van der Waals surface area contributed by atoms with Crippen molar-refractivity contribution < 1.29 is 0 Å². The lowest BCUT2D eigenvalue weighted by Crippen LogP contribution is -2.22. The summed E-state index contributed by atoms with van der Waals surface area (Å²) in [6.45, 7) is 6.46. The van der Waals surface area contributed by atoms with Crippen LogP contribution >= 0.6 is 0 Å². The molecule has 2 heteroatoms. The first-order chi connectivity index (χ1) is 5.38. The lowest BCUT2D eigenvalue weighted by atomic mass is 9.86. The van der Waals surface area contributed by atoms with Gasteiger partial charge in [-0.25, -0.2) is 0 Å². The summed E-state index contributed by atoms with van der Waals surface area (Å²) < 4.78 is 0. The summed E-state index contributed by atoms with van der Waals surface area (Å²) in [5, 5.41) is 8.19. The first kappa shape index (κ1) is 8.69. The zero-order chi connectivity index (χ0) is 8.10. The highest BCUT2D eigenvalue weighted by molar-refractivity contribution is 4.75. The summed E-state index contributed by atoms with van der Waals surface area (Å²) in [5.41, 5.74) is 0. The van der Waals surface area contributed by atoms with Crippen molar-refractivity contribution in [2.75, 3.05) is 13.1 Å². The molecule has 0 bridgehead atoms. The fourth-order valence-electron chi connectivity index (χ4n) is 1.78. The molecule has 64 valence electrons. The van der Waals surface area contributed by atoms with Crippen molar-refractivity contribution in [1.82, 2.24) is 0 Å². The third-order valence-corrected chi connectivity index (χ3v) is 2.58. The van der Waals surface area contributed by atoms with Crippen LogP contribution in [-0.4, -0.2) is 13.1 Å². The van der Waals surface area contributed by atoms with Crippen molar-refractivity contribution in [3.05, 3.63) is 0 Å². The van der Waals surface area contributed by atoms with Crippen LogP contribution in [0, 0.1) is 11.8 Å². The molecular formula is C9H18N2. The number of hydrogen-bond donors (Lipinski definition) is 0. The van der Waals surface area contributed by atoms with Gasteiger partial charge >= 0.3 is 0 Å². The van der Waals surface area contributed by atoms with Crippen molar-refractivity contribution in [1.29, 1.82) is 0 Å². The third-order valence-electron chi connectivity index (χ3n) is 2.58. The Hall–Kier alpha value is -0.400. The second-order valence-corrected chi connectivity index (χ2v) is 3.37. The van der Waals surface area contributed by atoms with Gasteiger partial charge in [0, 0.05) is 0 Å². The van der Waals surface area contributed by atoms with E-state index >= 15 is 0 Å². The van der Waals surface area contributed by atoms with Crippen LogP contribution in [0.3, 0.4) is 0 Å². The first-order valence-electron chi connectivity index (χ1n) is 4.71. The molecule has 1 heterocycles. The Labute approximate surface area is 69.1 Å². The minimum absolute atomic E-state index is 0.812. The molecule has 0 aromatic rings. The van der Waals surface area contributed by atoms with Gasteiger partial charge in [-0.2, -0.15) is 10.2 Å². The van der Waals surface area contributed by atoms with Gasteiger partial charge in [0.25, 0.3) is 0 Å². The van der Waals surface area contributed by atoms with E-state index in [1.807, 2.05) is 0 Å². The highest BCUT2D eigenvalue weighted by Crippen LogP contribution is 2.24. The zero-order valence-corrected chi connectivity index (χ0v) is 7.58. The Balaban J connectivity index is 2.40. The molecule has 0 saturated heterocycles.